The monoisotopic (exact) mass is 380 g/mol. The van der Waals surface area contributed by atoms with Crippen LogP contribution < -0.4 is 4.74 Å². The lowest BCUT2D eigenvalue weighted by molar-refractivity contribution is 0.0470. The van der Waals surface area contributed by atoms with E-state index in [1.165, 1.54) is 0 Å². The summed E-state index contributed by atoms with van der Waals surface area (Å²) in [7, 11) is 0. The predicted molar refractivity (Wildman–Crippen MR) is 103 cm³/mol. The van der Waals surface area contributed by atoms with Crippen LogP contribution in [0.5, 0.6) is 5.75 Å². The molecule has 136 valence electrons. The van der Waals surface area contributed by atoms with Crippen LogP contribution in [0.25, 0.3) is 0 Å². The molecular formula is C22H17ClO4. The Balaban J connectivity index is 1.62. The summed E-state index contributed by atoms with van der Waals surface area (Å²) in [6.45, 7) is -0.0255. The van der Waals surface area contributed by atoms with Gasteiger partial charge in [-0.3, -0.25) is 4.79 Å². The van der Waals surface area contributed by atoms with Gasteiger partial charge in [-0.25, -0.2) is 4.79 Å². The minimum Gasteiger partial charge on any atom is -0.488 e. The molecule has 0 saturated carbocycles. The number of Topliss-reactive ketones (excluding diaryl/α,β-unsaturated/α-hetero) is 1. The number of ether oxygens (including phenoxy) is 2. The van der Waals surface area contributed by atoms with Crippen molar-refractivity contribution in [1.82, 2.24) is 0 Å². The van der Waals surface area contributed by atoms with Crippen LogP contribution >= 0.6 is 11.6 Å². The van der Waals surface area contributed by atoms with Crippen LogP contribution in [0.1, 0.15) is 26.3 Å². The van der Waals surface area contributed by atoms with Crippen molar-refractivity contribution in [2.75, 3.05) is 6.61 Å². The standard InChI is InChI=1S/C22H17ClO4/c23-18-12-10-17(11-13-18)20(24)15-27-22(25)19-8-4-5-9-21(19)26-14-16-6-2-1-3-7-16/h1-13H,14-15H2. The van der Waals surface area contributed by atoms with E-state index < -0.39 is 5.97 Å². The first kappa shape index (κ1) is 18.7. The molecule has 0 atom stereocenters. The van der Waals surface area contributed by atoms with Crippen molar-refractivity contribution in [2.24, 2.45) is 0 Å². The quantitative estimate of drug-likeness (QED) is 0.429. The summed E-state index contributed by atoms with van der Waals surface area (Å²) >= 11 is 5.80. The Bertz CT molecular complexity index is 921. The van der Waals surface area contributed by atoms with Gasteiger partial charge in [0.2, 0.25) is 0 Å². The van der Waals surface area contributed by atoms with E-state index in [-0.39, 0.29) is 18.0 Å². The van der Waals surface area contributed by atoms with Crippen molar-refractivity contribution in [2.45, 2.75) is 6.61 Å². The number of rotatable bonds is 7. The van der Waals surface area contributed by atoms with Crippen LogP contribution in [-0.2, 0) is 11.3 Å². The number of hydrogen-bond acceptors (Lipinski definition) is 4. The van der Waals surface area contributed by atoms with Gasteiger partial charge in [-0.05, 0) is 42.0 Å². The van der Waals surface area contributed by atoms with Crippen molar-refractivity contribution < 1.29 is 19.1 Å². The van der Waals surface area contributed by atoms with Crippen LogP contribution in [0.2, 0.25) is 5.02 Å². The fraction of sp³-hybridized carbons (Fsp3) is 0.0909. The van der Waals surface area contributed by atoms with Crippen molar-refractivity contribution in [3.8, 4) is 5.75 Å². The largest absolute Gasteiger partial charge is 0.488 e. The van der Waals surface area contributed by atoms with E-state index in [4.69, 9.17) is 21.1 Å². The summed E-state index contributed by atoms with van der Waals surface area (Å²) in [6.07, 6.45) is 0. The Morgan fingerprint density at radius 2 is 1.48 bits per heavy atom. The van der Waals surface area contributed by atoms with E-state index in [9.17, 15) is 9.59 Å². The van der Waals surface area contributed by atoms with Crippen molar-refractivity contribution in [1.29, 1.82) is 0 Å². The van der Waals surface area contributed by atoms with E-state index in [2.05, 4.69) is 0 Å². The second-order valence-electron chi connectivity index (χ2n) is 5.78. The number of benzene rings is 3. The lowest BCUT2D eigenvalue weighted by atomic mass is 10.1. The maximum absolute atomic E-state index is 12.4. The molecule has 0 aliphatic heterocycles. The fourth-order valence-electron chi connectivity index (χ4n) is 2.42. The molecule has 0 fully saturated rings. The molecule has 27 heavy (non-hydrogen) atoms. The molecule has 3 aromatic carbocycles. The number of ketones is 1. The number of halogens is 1. The van der Waals surface area contributed by atoms with Gasteiger partial charge in [-0.15, -0.1) is 0 Å². The predicted octanol–water partition coefficient (Wildman–Crippen LogP) is 4.96. The molecule has 0 heterocycles. The Morgan fingerprint density at radius 1 is 0.815 bits per heavy atom. The van der Waals surface area contributed by atoms with Crippen LogP contribution in [0, 0.1) is 0 Å². The van der Waals surface area contributed by atoms with Crippen molar-refractivity contribution in [3.05, 3.63) is 101 Å². The van der Waals surface area contributed by atoms with Crippen LogP contribution in [-0.4, -0.2) is 18.4 Å². The van der Waals surface area contributed by atoms with E-state index >= 15 is 0 Å². The maximum atomic E-state index is 12.4. The molecule has 0 bridgehead atoms. The fourth-order valence-corrected chi connectivity index (χ4v) is 2.55. The maximum Gasteiger partial charge on any atom is 0.342 e. The third-order valence-electron chi connectivity index (χ3n) is 3.84. The number of carbonyl (C=O) groups excluding carboxylic acids is 2. The molecule has 0 aliphatic carbocycles. The molecule has 3 rings (SSSR count). The number of para-hydroxylation sites is 1. The van der Waals surface area contributed by atoms with E-state index in [1.54, 1.807) is 48.5 Å². The number of esters is 1. The molecule has 0 unspecified atom stereocenters. The van der Waals surface area contributed by atoms with Crippen LogP contribution in [0.3, 0.4) is 0 Å². The molecule has 0 spiro atoms. The first-order valence-electron chi connectivity index (χ1n) is 8.35. The zero-order valence-electron chi connectivity index (χ0n) is 14.4. The average molecular weight is 381 g/mol. The minimum absolute atomic E-state index is 0.275. The summed E-state index contributed by atoms with van der Waals surface area (Å²) in [5.41, 5.74) is 1.69. The van der Waals surface area contributed by atoms with Crippen molar-refractivity contribution in [3.63, 3.8) is 0 Å². The van der Waals surface area contributed by atoms with Crippen molar-refractivity contribution >= 4 is 23.4 Å². The molecular weight excluding hydrogens is 364 g/mol. The lowest BCUT2D eigenvalue weighted by Crippen LogP contribution is -2.15. The Morgan fingerprint density at radius 3 is 2.22 bits per heavy atom. The van der Waals surface area contributed by atoms with Gasteiger partial charge in [-0.2, -0.15) is 0 Å². The second-order valence-corrected chi connectivity index (χ2v) is 6.21. The molecule has 0 amide bonds. The zero-order valence-corrected chi connectivity index (χ0v) is 15.2. The van der Waals surface area contributed by atoms with Gasteiger partial charge in [0.1, 0.15) is 17.9 Å². The normalized spacial score (nSPS) is 10.3. The Kier molecular flexibility index (Phi) is 6.23. The molecule has 4 nitrogen and oxygen atoms in total. The summed E-state index contributed by atoms with van der Waals surface area (Å²) in [4.78, 5) is 24.5. The van der Waals surface area contributed by atoms with Gasteiger partial charge >= 0.3 is 5.97 Å². The third-order valence-corrected chi connectivity index (χ3v) is 4.10. The topological polar surface area (TPSA) is 52.6 Å². The third kappa shape index (κ3) is 5.19. The van der Waals surface area contributed by atoms with Gasteiger partial charge in [0.25, 0.3) is 0 Å². The highest BCUT2D eigenvalue weighted by atomic mass is 35.5. The Hall–Kier alpha value is -3.11. The van der Waals surface area contributed by atoms with E-state index in [1.807, 2.05) is 30.3 Å². The molecule has 3 aromatic rings. The van der Waals surface area contributed by atoms with Crippen LogP contribution in [0.15, 0.2) is 78.9 Å². The molecule has 0 N–H and O–H groups in total. The molecule has 5 heteroatoms. The summed E-state index contributed by atoms with van der Waals surface area (Å²) in [6, 6.07) is 22.8. The van der Waals surface area contributed by atoms with E-state index in [0.717, 1.165) is 5.56 Å². The first-order valence-corrected chi connectivity index (χ1v) is 8.73. The minimum atomic E-state index is -0.610. The summed E-state index contributed by atoms with van der Waals surface area (Å²) in [5.74, 6) is -0.506. The molecule has 0 aromatic heterocycles. The zero-order chi connectivity index (χ0) is 19.1. The van der Waals surface area contributed by atoms with Crippen LogP contribution in [0.4, 0.5) is 0 Å². The highest BCUT2D eigenvalue weighted by molar-refractivity contribution is 6.30. The SMILES string of the molecule is O=C(COC(=O)c1ccccc1OCc1ccccc1)c1ccc(Cl)cc1. The average Bonchev–Trinajstić information content (AvgIpc) is 2.71. The van der Waals surface area contributed by atoms with Gasteiger partial charge in [0, 0.05) is 10.6 Å². The highest BCUT2D eigenvalue weighted by Gasteiger charge is 2.16. The summed E-state index contributed by atoms with van der Waals surface area (Å²) < 4.78 is 10.9. The van der Waals surface area contributed by atoms with Gasteiger partial charge in [-0.1, -0.05) is 54.1 Å². The highest BCUT2D eigenvalue weighted by Crippen LogP contribution is 2.20. The van der Waals surface area contributed by atoms with Gasteiger partial charge < -0.3 is 9.47 Å². The van der Waals surface area contributed by atoms with Gasteiger partial charge in [0.15, 0.2) is 12.4 Å². The summed E-state index contributed by atoms with van der Waals surface area (Å²) in [5, 5.41) is 0.535. The van der Waals surface area contributed by atoms with Gasteiger partial charge in [0.05, 0.1) is 0 Å². The number of carbonyl (C=O) groups is 2. The molecule has 0 saturated heterocycles. The lowest BCUT2D eigenvalue weighted by Gasteiger charge is -2.11. The first-order chi connectivity index (χ1) is 13.1. The smallest absolute Gasteiger partial charge is 0.342 e. The Labute approximate surface area is 162 Å². The molecule has 0 radical (unpaired) electrons. The number of hydrogen-bond donors (Lipinski definition) is 0. The second kappa shape index (κ2) is 9.01. The molecule has 0 aliphatic rings. The van der Waals surface area contributed by atoms with E-state index in [0.29, 0.717) is 22.9 Å².